The molecule has 0 atom stereocenters. The van der Waals surface area contributed by atoms with E-state index >= 15 is 0 Å². The van der Waals surface area contributed by atoms with Gasteiger partial charge in [-0.1, -0.05) is 18.2 Å². The molecule has 0 amide bonds. The lowest BCUT2D eigenvalue weighted by atomic mass is 10.1. The molecule has 3 aromatic heterocycles. The van der Waals surface area contributed by atoms with E-state index in [-0.39, 0.29) is 11.5 Å². The highest BCUT2D eigenvalue weighted by Crippen LogP contribution is 2.33. The summed E-state index contributed by atoms with van der Waals surface area (Å²) in [7, 11) is 0. The van der Waals surface area contributed by atoms with Crippen LogP contribution in [0.25, 0.3) is 27.6 Å². The Bertz CT molecular complexity index is 1310. The molecule has 0 aliphatic rings. The highest BCUT2D eigenvalue weighted by Gasteiger charge is 2.37. The van der Waals surface area contributed by atoms with Crippen molar-refractivity contribution in [3.63, 3.8) is 0 Å². The molecule has 2 aromatic carbocycles. The third-order valence-corrected chi connectivity index (χ3v) is 4.06. The molecule has 27 heavy (non-hydrogen) atoms. The minimum absolute atomic E-state index is 0.0139. The number of halogens is 3. The third kappa shape index (κ3) is 2.55. The van der Waals surface area contributed by atoms with Crippen molar-refractivity contribution in [3.05, 3.63) is 60.4 Å². The molecule has 0 saturated carbocycles. The average molecular weight is 370 g/mol. The molecule has 5 aromatic rings. The molecule has 0 saturated heterocycles. The average Bonchev–Trinajstić information content (AvgIpc) is 3.22. The summed E-state index contributed by atoms with van der Waals surface area (Å²) in [6.45, 7) is 0. The zero-order chi connectivity index (χ0) is 18.6. The number of hydrogen-bond acceptors (Lipinski definition) is 5. The lowest BCUT2D eigenvalue weighted by molar-refractivity contribution is -0.146. The van der Waals surface area contributed by atoms with Crippen LogP contribution in [0.4, 0.5) is 13.2 Å². The maximum Gasteiger partial charge on any atom is 0.453 e. The predicted molar refractivity (Wildman–Crippen MR) is 89.6 cm³/mol. The van der Waals surface area contributed by atoms with Gasteiger partial charge < -0.3 is 9.15 Å². The second-order valence-electron chi connectivity index (χ2n) is 5.82. The first-order chi connectivity index (χ1) is 13.0. The SMILES string of the molecule is FC(F)(F)c1nnc2ccc(Oc3ccc4oc5ccccc5c4c3)nn12. The minimum atomic E-state index is -4.67. The maximum atomic E-state index is 13.0. The van der Waals surface area contributed by atoms with Crippen molar-refractivity contribution < 1.29 is 22.3 Å². The topological polar surface area (TPSA) is 65.5 Å². The molecule has 0 unspecified atom stereocenters. The van der Waals surface area contributed by atoms with Gasteiger partial charge in [-0.25, -0.2) is 0 Å². The van der Waals surface area contributed by atoms with Crippen LogP contribution >= 0.6 is 0 Å². The predicted octanol–water partition coefficient (Wildman–Crippen LogP) is 4.83. The first kappa shape index (κ1) is 15.6. The third-order valence-electron chi connectivity index (χ3n) is 4.06. The fraction of sp³-hybridized carbons (Fsp3) is 0.0556. The Morgan fingerprint density at radius 2 is 1.70 bits per heavy atom. The smallest absolute Gasteiger partial charge is 0.453 e. The second kappa shape index (κ2) is 5.44. The van der Waals surface area contributed by atoms with Gasteiger partial charge in [-0.05, 0) is 30.3 Å². The van der Waals surface area contributed by atoms with Crippen LogP contribution in [0.1, 0.15) is 5.82 Å². The fourth-order valence-electron chi connectivity index (χ4n) is 2.89. The summed E-state index contributed by atoms with van der Waals surface area (Å²) >= 11 is 0. The van der Waals surface area contributed by atoms with Gasteiger partial charge in [0.2, 0.25) is 5.88 Å². The molecule has 3 heterocycles. The van der Waals surface area contributed by atoms with Crippen molar-refractivity contribution in [2.45, 2.75) is 6.18 Å². The van der Waals surface area contributed by atoms with Crippen LogP contribution < -0.4 is 4.74 Å². The van der Waals surface area contributed by atoms with Gasteiger partial charge in [0, 0.05) is 16.8 Å². The van der Waals surface area contributed by atoms with Gasteiger partial charge in [-0.2, -0.15) is 17.7 Å². The number of hydrogen-bond donors (Lipinski definition) is 0. The van der Waals surface area contributed by atoms with Crippen molar-refractivity contribution in [1.82, 2.24) is 19.8 Å². The van der Waals surface area contributed by atoms with Gasteiger partial charge in [-0.15, -0.1) is 15.3 Å². The molecule has 9 heteroatoms. The Labute approximate surface area is 148 Å². The van der Waals surface area contributed by atoms with Crippen molar-refractivity contribution in [3.8, 4) is 11.6 Å². The maximum absolute atomic E-state index is 13.0. The Morgan fingerprint density at radius 3 is 2.56 bits per heavy atom. The molecule has 0 radical (unpaired) electrons. The molecule has 5 rings (SSSR count). The molecular formula is C18H9F3N4O2. The van der Waals surface area contributed by atoms with E-state index in [1.54, 1.807) is 18.2 Å². The molecule has 134 valence electrons. The Hall–Kier alpha value is -3.62. The standard InChI is InChI=1S/C18H9F3N4O2/c19-18(20,21)17-23-22-15-7-8-16(24-25(15)17)26-10-5-6-14-12(9-10)11-3-1-2-4-13(11)27-14/h1-9H. The Balaban J connectivity index is 1.57. The summed E-state index contributed by atoms with van der Waals surface area (Å²) in [5, 5.41) is 12.2. The van der Waals surface area contributed by atoms with Crippen LogP contribution in [0.5, 0.6) is 11.6 Å². The van der Waals surface area contributed by atoms with Gasteiger partial charge >= 0.3 is 6.18 Å². The summed E-state index contributed by atoms with van der Waals surface area (Å²) in [6, 6.07) is 15.5. The van der Waals surface area contributed by atoms with Gasteiger partial charge in [0.25, 0.3) is 5.82 Å². The van der Waals surface area contributed by atoms with Crippen LogP contribution in [0, 0.1) is 0 Å². The Kier molecular flexibility index (Phi) is 3.15. The van der Waals surface area contributed by atoms with Crippen LogP contribution in [0.3, 0.4) is 0 Å². The highest BCUT2D eigenvalue weighted by atomic mass is 19.4. The number of para-hydroxylation sites is 1. The number of benzene rings is 2. The highest BCUT2D eigenvalue weighted by molar-refractivity contribution is 6.05. The van der Waals surface area contributed by atoms with E-state index < -0.39 is 12.0 Å². The molecule has 0 bridgehead atoms. The molecular weight excluding hydrogens is 361 g/mol. The number of ether oxygens (including phenoxy) is 1. The van der Waals surface area contributed by atoms with Crippen LogP contribution in [-0.4, -0.2) is 19.8 Å². The first-order valence-electron chi connectivity index (χ1n) is 7.88. The van der Waals surface area contributed by atoms with E-state index in [1.165, 1.54) is 12.1 Å². The normalized spacial score (nSPS) is 12.3. The zero-order valence-electron chi connectivity index (χ0n) is 13.4. The molecule has 6 nitrogen and oxygen atoms in total. The van der Waals surface area contributed by atoms with Crippen molar-refractivity contribution in [2.24, 2.45) is 0 Å². The number of alkyl halides is 3. The number of fused-ring (bicyclic) bond motifs is 4. The summed E-state index contributed by atoms with van der Waals surface area (Å²) in [5.74, 6) is -0.804. The molecule has 0 aliphatic carbocycles. The zero-order valence-corrected chi connectivity index (χ0v) is 13.4. The number of rotatable bonds is 2. The van der Waals surface area contributed by atoms with E-state index in [1.807, 2.05) is 24.3 Å². The van der Waals surface area contributed by atoms with E-state index in [2.05, 4.69) is 15.3 Å². The lowest BCUT2D eigenvalue weighted by Gasteiger charge is -2.06. The van der Waals surface area contributed by atoms with Gasteiger partial charge in [-0.3, -0.25) is 0 Å². The van der Waals surface area contributed by atoms with Crippen molar-refractivity contribution in [2.75, 3.05) is 0 Å². The largest absolute Gasteiger partial charge is 0.456 e. The molecule has 0 N–H and O–H groups in total. The molecule has 0 aliphatic heterocycles. The molecule has 0 fully saturated rings. The number of nitrogens with zero attached hydrogens (tertiary/aromatic N) is 4. The summed E-state index contributed by atoms with van der Waals surface area (Å²) in [4.78, 5) is 0. The summed E-state index contributed by atoms with van der Waals surface area (Å²) in [5.41, 5.74) is 1.40. The summed E-state index contributed by atoms with van der Waals surface area (Å²) in [6.07, 6.45) is -4.67. The van der Waals surface area contributed by atoms with E-state index in [0.29, 0.717) is 15.8 Å². The number of furan rings is 1. The van der Waals surface area contributed by atoms with Gasteiger partial charge in [0.05, 0.1) is 0 Å². The van der Waals surface area contributed by atoms with E-state index in [0.717, 1.165) is 16.4 Å². The quantitative estimate of drug-likeness (QED) is 0.445. The summed E-state index contributed by atoms with van der Waals surface area (Å²) < 4.78 is 51.0. The fourth-order valence-corrected chi connectivity index (χ4v) is 2.89. The van der Waals surface area contributed by atoms with Gasteiger partial charge in [0.15, 0.2) is 5.65 Å². The van der Waals surface area contributed by atoms with Gasteiger partial charge in [0.1, 0.15) is 16.9 Å². The monoisotopic (exact) mass is 370 g/mol. The lowest BCUT2D eigenvalue weighted by Crippen LogP contribution is -2.12. The first-order valence-corrected chi connectivity index (χ1v) is 7.88. The van der Waals surface area contributed by atoms with Crippen LogP contribution in [0.15, 0.2) is 59.0 Å². The number of aromatic nitrogens is 4. The molecule has 0 spiro atoms. The Morgan fingerprint density at radius 1 is 0.889 bits per heavy atom. The van der Waals surface area contributed by atoms with E-state index in [9.17, 15) is 13.2 Å². The minimum Gasteiger partial charge on any atom is -0.456 e. The van der Waals surface area contributed by atoms with Crippen molar-refractivity contribution in [1.29, 1.82) is 0 Å². The van der Waals surface area contributed by atoms with Crippen LogP contribution in [-0.2, 0) is 6.18 Å². The van der Waals surface area contributed by atoms with Crippen LogP contribution in [0.2, 0.25) is 0 Å². The second-order valence-corrected chi connectivity index (χ2v) is 5.82. The van der Waals surface area contributed by atoms with Crippen molar-refractivity contribution >= 4 is 27.6 Å². The van der Waals surface area contributed by atoms with E-state index in [4.69, 9.17) is 9.15 Å².